The Morgan fingerprint density at radius 3 is 2.44 bits per heavy atom. The predicted molar refractivity (Wildman–Crippen MR) is 85.6 cm³/mol. The van der Waals surface area contributed by atoms with Crippen LogP contribution in [0.3, 0.4) is 0 Å². The molecule has 1 saturated carbocycles. The van der Waals surface area contributed by atoms with Crippen LogP contribution < -0.4 is 5.32 Å². The van der Waals surface area contributed by atoms with E-state index in [2.05, 4.69) is 30.9 Å². The number of rotatable bonds is 8. The molecule has 1 nitrogen and oxygen atoms in total. The average Bonchev–Trinajstić information content (AvgIpc) is 2.36. The number of nitrogens with one attached hydrogen (secondary N) is 1. The van der Waals surface area contributed by atoms with Gasteiger partial charge in [-0.3, -0.25) is 0 Å². The third-order valence-electron chi connectivity index (χ3n) is 3.94. The van der Waals surface area contributed by atoms with Crippen molar-refractivity contribution in [2.75, 3.05) is 12.3 Å². The van der Waals surface area contributed by atoms with Crippen molar-refractivity contribution in [3.05, 3.63) is 0 Å². The third-order valence-corrected chi connectivity index (χ3v) is 5.46. The minimum Gasteiger partial charge on any atom is -0.313 e. The van der Waals surface area contributed by atoms with Gasteiger partial charge in [0.15, 0.2) is 0 Å². The summed E-state index contributed by atoms with van der Waals surface area (Å²) in [6.07, 6.45) is 14.1. The van der Waals surface area contributed by atoms with Crippen LogP contribution in [0, 0.1) is 0 Å². The van der Waals surface area contributed by atoms with Gasteiger partial charge in [0, 0.05) is 11.3 Å². The molecule has 0 bridgehead atoms. The Labute approximate surface area is 119 Å². The van der Waals surface area contributed by atoms with Gasteiger partial charge in [-0.05, 0) is 38.0 Å². The van der Waals surface area contributed by atoms with Gasteiger partial charge in [0.1, 0.15) is 0 Å². The Morgan fingerprint density at radius 1 is 0.944 bits per heavy atom. The first-order valence-corrected chi connectivity index (χ1v) is 9.28. The van der Waals surface area contributed by atoms with Gasteiger partial charge < -0.3 is 5.32 Å². The van der Waals surface area contributed by atoms with E-state index >= 15 is 0 Å². The maximum absolute atomic E-state index is 3.81. The van der Waals surface area contributed by atoms with Crippen LogP contribution in [0.1, 0.15) is 78.1 Å². The summed E-state index contributed by atoms with van der Waals surface area (Å²) in [4.78, 5) is 0. The normalized spacial score (nSPS) is 25.7. The molecular weight excluding hydrogens is 238 g/mol. The van der Waals surface area contributed by atoms with Gasteiger partial charge in [-0.1, -0.05) is 52.4 Å². The van der Waals surface area contributed by atoms with Crippen LogP contribution in [0.4, 0.5) is 0 Å². The second kappa shape index (κ2) is 11.2. The van der Waals surface area contributed by atoms with Crippen molar-refractivity contribution >= 4 is 11.8 Å². The summed E-state index contributed by atoms with van der Waals surface area (Å²) in [6.45, 7) is 5.78. The van der Waals surface area contributed by atoms with E-state index in [0.717, 1.165) is 11.3 Å². The highest BCUT2D eigenvalue weighted by molar-refractivity contribution is 7.99. The smallest absolute Gasteiger partial charge is 0.0201 e. The Hall–Kier alpha value is 0.310. The van der Waals surface area contributed by atoms with Crippen LogP contribution >= 0.6 is 11.8 Å². The zero-order valence-corrected chi connectivity index (χ0v) is 13.4. The minimum atomic E-state index is 0.789. The van der Waals surface area contributed by atoms with Crippen molar-refractivity contribution in [2.24, 2.45) is 0 Å². The Kier molecular flexibility index (Phi) is 10.1. The van der Waals surface area contributed by atoms with E-state index in [1.807, 2.05) is 0 Å². The Morgan fingerprint density at radius 2 is 1.72 bits per heavy atom. The molecule has 0 saturated heterocycles. The molecular formula is C16H33NS. The number of thioether (sulfide) groups is 1. The van der Waals surface area contributed by atoms with Gasteiger partial charge in [0.25, 0.3) is 0 Å². The van der Waals surface area contributed by atoms with Crippen LogP contribution in [0.25, 0.3) is 0 Å². The first-order valence-electron chi connectivity index (χ1n) is 8.23. The summed E-state index contributed by atoms with van der Waals surface area (Å²) >= 11 is 2.26. The molecule has 1 rings (SSSR count). The topological polar surface area (TPSA) is 12.0 Å². The van der Waals surface area contributed by atoms with Crippen molar-refractivity contribution in [1.82, 2.24) is 5.32 Å². The minimum absolute atomic E-state index is 0.789. The standard InChI is InChI=1S/C16H33NS/c1-3-5-10-14-18-16-12-9-7-6-8-11-15(16)17-13-4-2/h15-17H,3-14H2,1-2H3. The van der Waals surface area contributed by atoms with Gasteiger partial charge in [-0.2, -0.15) is 11.8 Å². The molecule has 1 aliphatic rings. The zero-order valence-electron chi connectivity index (χ0n) is 12.5. The molecule has 0 aromatic heterocycles. The first-order chi connectivity index (χ1) is 8.88. The van der Waals surface area contributed by atoms with E-state index in [9.17, 15) is 0 Å². The lowest BCUT2D eigenvalue weighted by Crippen LogP contribution is -2.39. The molecule has 1 fully saturated rings. The predicted octanol–water partition coefficient (Wildman–Crippen LogP) is 5.00. The van der Waals surface area contributed by atoms with Crippen molar-refractivity contribution in [3.8, 4) is 0 Å². The molecule has 0 heterocycles. The highest BCUT2D eigenvalue weighted by Gasteiger charge is 2.22. The molecule has 0 radical (unpaired) electrons. The van der Waals surface area contributed by atoms with Gasteiger partial charge in [0.2, 0.25) is 0 Å². The van der Waals surface area contributed by atoms with Gasteiger partial charge in [0.05, 0.1) is 0 Å². The summed E-state index contributed by atoms with van der Waals surface area (Å²) in [6, 6.07) is 0.789. The fraction of sp³-hybridized carbons (Fsp3) is 1.00. The maximum Gasteiger partial charge on any atom is 0.0201 e. The summed E-state index contributed by atoms with van der Waals surface area (Å²) < 4.78 is 0. The number of unbranched alkanes of at least 4 members (excludes halogenated alkanes) is 2. The largest absolute Gasteiger partial charge is 0.313 e. The van der Waals surface area contributed by atoms with E-state index in [1.54, 1.807) is 0 Å². The van der Waals surface area contributed by atoms with Crippen LogP contribution in [0.15, 0.2) is 0 Å². The van der Waals surface area contributed by atoms with E-state index in [4.69, 9.17) is 0 Å². The third kappa shape index (κ3) is 7.04. The van der Waals surface area contributed by atoms with E-state index < -0.39 is 0 Å². The Bertz CT molecular complexity index is 182. The lowest BCUT2D eigenvalue weighted by atomic mass is 9.96. The monoisotopic (exact) mass is 271 g/mol. The lowest BCUT2D eigenvalue weighted by Gasteiger charge is -2.30. The van der Waals surface area contributed by atoms with E-state index in [-0.39, 0.29) is 0 Å². The van der Waals surface area contributed by atoms with Gasteiger partial charge in [-0.15, -0.1) is 0 Å². The molecule has 108 valence electrons. The molecule has 18 heavy (non-hydrogen) atoms. The highest BCUT2D eigenvalue weighted by Crippen LogP contribution is 2.28. The molecule has 0 aromatic rings. The first kappa shape index (κ1) is 16.4. The fourth-order valence-corrected chi connectivity index (χ4v) is 4.27. The van der Waals surface area contributed by atoms with Crippen LogP contribution in [-0.4, -0.2) is 23.6 Å². The average molecular weight is 272 g/mol. The molecule has 1 aliphatic carbocycles. The number of hydrogen-bond acceptors (Lipinski definition) is 2. The molecule has 2 heteroatoms. The van der Waals surface area contributed by atoms with Crippen molar-refractivity contribution < 1.29 is 0 Å². The highest BCUT2D eigenvalue weighted by atomic mass is 32.2. The van der Waals surface area contributed by atoms with Crippen LogP contribution in [0.2, 0.25) is 0 Å². The zero-order chi connectivity index (χ0) is 13.1. The van der Waals surface area contributed by atoms with E-state index in [1.165, 1.54) is 76.5 Å². The molecule has 2 unspecified atom stereocenters. The van der Waals surface area contributed by atoms with E-state index in [0.29, 0.717) is 0 Å². The summed E-state index contributed by atoms with van der Waals surface area (Å²) in [5.74, 6) is 1.38. The molecule has 0 spiro atoms. The lowest BCUT2D eigenvalue weighted by molar-refractivity contribution is 0.400. The fourth-order valence-electron chi connectivity index (χ4n) is 2.80. The van der Waals surface area contributed by atoms with Crippen LogP contribution in [-0.2, 0) is 0 Å². The summed E-state index contributed by atoms with van der Waals surface area (Å²) in [5.41, 5.74) is 0. The van der Waals surface area contributed by atoms with Crippen LogP contribution in [0.5, 0.6) is 0 Å². The van der Waals surface area contributed by atoms with Crippen molar-refractivity contribution in [2.45, 2.75) is 89.3 Å². The maximum atomic E-state index is 3.81. The number of hydrogen-bond donors (Lipinski definition) is 1. The quantitative estimate of drug-likeness (QED) is 0.623. The Balaban J connectivity index is 2.33. The second-order valence-electron chi connectivity index (χ2n) is 5.67. The van der Waals surface area contributed by atoms with Crippen molar-refractivity contribution in [3.63, 3.8) is 0 Å². The summed E-state index contributed by atoms with van der Waals surface area (Å²) in [5, 5.41) is 4.69. The van der Waals surface area contributed by atoms with Gasteiger partial charge >= 0.3 is 0 Å². The molecule has 1 N–H and O–H groups in total. The van der Waals surface area contributed by atoms with Gasteiger partial charge in [-0.25, -0.2) is 0 Å². The van der Waals surface area contributed by atoms with Crippen molar-refractivity contribution in [1.29, 1.82) is 0 Å². The summed E-state index contributed by atoms with van der Waals surface area (Å²) in [7, 11) is 0. The molecule has 0 aliphatic heterocycles. The SMILES string of the molecule is CCCCCSC1CCCCCCC1NCCC. The molecule has 2 atom stereocenters. The molecule has 0 aromatic carbocycles. The second-order valence-corrected chi connectivity index (χ2v) is 7.02. The molecule has 0 amide bonds.